The minimum atomic E-state index is -1.16. The number of ether oxygens (including phenoxy) is 2. The first-order valence-corrected chi connectivity index (χ1v) is 5.71. The first-order valence-electron chi connectivity index (χ1n) is 5.71. The Balaban J connectivity index is 2.84. The molecule has 1 atom stereocenters. The number of aliphatic carboxylic acids is 1. The third kappa shape index (κ3) is 4.17. The Morgan fingerprint density at radius 3 is 2.53 bits per heavy atom. The van der Waals surface area contributed by atoms with Crippen LogP contribution in [-0.4, -0.2) is 31.2 Å². The van der Waals surface area contributed by atoms with Crippen molar-refractivity contribution in [1.82, 2.24) is 5.32 Å². The smallest absolute Gasteiger partial charge is 0.312 e. The van der Waals surface area contributed by atoms with E-state index in [9.17, 15) is 9.59 Å². The number of carboxylic acid groups (broad SMARTS) is 1. The first-order chi connectivity index (χ1) is 8.97. The monoisotopic (exact) mass is 267 g/mol. The van der Waals surface area contributed by atoms with Gasteiger partial charge in [-0.25, -0.2) is 0 Å². The molecule has 0 fully saturated rings. The first kappa shape index (κ1) is 14.8. The maximum absolute atomic E-state index is 11.4. The van der Waals surface area contributed by atoms with E-state index in [1.54, 1.807) is 32.2 Å². The van der Waals surface area contributed by atoms with Gasteiger partial charge < -0.3 is 19.9 Å². The Labute approximate surface area is 111 Å². The van der Waals surface area contributed by atoms with Crippen molar-refractivity contribution in [2.75, 3.05) is 14.2 Å². The minimum Gasteiger partial charge on any atom is -0.497 e. The maximum atomic E-state index is 11.4. The average Bonchev–Trinajstić information content (AvgIpc) is 2.36. The summed E-state index contributed by atoms with van der Waals surface area (Å²) < 4.78 is 10.3. The molecule has 0 spiro atoms. The van der Waals surface area contributed by atoms with Crippen LogP contribution in [0.5, 0.6) is 11.5 Å². The van der Waals surface area contributed by atoms with Gasteiger partial charge in [0, 0.05) is 11.6 Å². The van der Waals surface area contributed by atoms with Gasteiger partial charge in [0.15, 0.2) is 0 Å². The fourth-order valence-electron chi connectivity index (χ4n) is 1.68. The number of carboxylic acids is 1. The van der Waals surface area contributed by atoms with E-state index < -0.39 is 18.3 Å². The van der Waals surface area contributed by atoms with Crippen LogP contribution < -0.4 is 14.8 Å². The summed E-state index contributed by atoms with van der Waals surface area (Å²) in [6, 6.07) is 4.86. The summed E-state index contributed by atoms with van der Waals surface area (Å²) in [4.78, 5) is 21.8. The largest absolute Gasteiger partial charge is 0.497 e. The van der Waals surface area contributed by atoms with Gasteiger partial charge in [-0.1, -0.05) is 0 Å². The van der Waals surface area contributed by atoms with Gasteiger partial charge in [0.2, 0.25) is 5.91 Å². The Kier molecular flexibility index (Phi) is 5.17. The van der Waals surface area contributed by atoms with Gasteiger partial charge in [-0.2, -0.15) is 0 Å². The zero-order chi connectivity index (χ0) is 14.4. The van der Waals surface area contributed by atoms with Gasteiger partial charge in [0.25, 0.3) is 0 Å². The SMILES string of the molecule is COc1ccc(C(C)NC(=O)CC(=O)O)c(OC)c1. The van der Waals surface area contributed by atoms with E-state index in [4.69, 9.17) is 14.6 Å². The van der Waals surface area contributed by atoms with Crippen molar-refractivity contribution in [1.29, 1.82) is 0 Å². The number of hydrogen-bond donors (Lipinski definition) is 2. The number of carbonyl (C=O) groups excluding carboxylic acids is 1. The third-order valence-electron chi connectivity index (χ3n) is 2.60. The zero-order valence-corrected chi connectivity index (χ0v) is 11.1. The van der Waals surface area contributed by atoms with E-state index >= 15 is 0 Å². The van der Waals surface area contributed by atoms with Crippen molar-refractivity contribution >= 4 is 11.9 Å². The molecule has 0 aromatic heterocycles. The molecule has 1 aromatic carbocycles. The van der Waals surface area contributed by atoms with Crippen LogP contribution in [-0.2, 0) is 9.59 Å². The maximum Gasteiger partial charge on any atom is 0.312 e. The second kappa shape index (κ2) is 6.63. The summed E-state index contributed by atoms with van der Waals surface area (Å²) in [6.07, 6.45) is -0.553. The Hall–Kier alpha value is -2.24. The molecule has 19 heavy (non-hydrogen) atoms. The van der Waals surface area contributed by atoms with Gasteiger partial charge in [-0.05, 0) is 19.1 Å². The molecule has 0 aliphatic heterocycles. The predicted octanol–water partition coefficient (Wildman–Crippen LogP) is 1.36. The lowest BCUT2D eigenvalue weighted by Crippen LogP contribution is -2.28. The highest BCUT2D eigenvalue weighted by atomic mass is 16.5. The van der Waals surface area contributed by atoms with Crippen molar-refractivity contribution in [3.63, 3.8) is 0 Å². The minimum absolute atomic E-state index is 0.354. The highest BCUT2D eigenvalue weighted by Crippen LogP contribution is 2.29. The summed E-state index contributed by atoms with van der Waals surface area (Å²) in [5.74, 6) is -0.489. The number of methoxy groups -OCH3 is 2. The van der Waals surface area contributed by atoms with E-state index in [-0.39, 0.29) is 6.04 Å². The zero-order valence-electron chi connectivity index (χ0n) is 11.1. The Morgan fingerprint density at radius 2 is 2.00 bits per heavy atom. The molecule has 0 aliphatic carbocycles. The highest BCUT2D eigenvalue weighted by molar-refractivity contribution is 5.93. The number of nitrogens with one attached hydrogen (secondary N) is 1. The number of rotatable bonds is 6. The normalized spacial score (nSPS) is 11.5. The average molecular weight is 267 g/mol. The molecule has 6 heteroatoms. The number of amides is 1. The highest BCUT2D eigenvalue weighted by Gasteiger charge is 2.16. The van der Waals surface area contributed by atoms with Crippen molar-refractivity contribution in [2.45, 2.75) is 19.4 Å². The van der Waals surface area contributed by atoms with Crippen LogP contribution in [0, 0.1) is 0 Å². The molecular weight excluding hydrogens is 250 g/mol. The second-order valence-corrected chi connectivity index (χ2v) is 3.97. The van der Waals surface area contributed by atoms with E-state index in [0.29, 0.717) is 11.5 Å². The molecule has 1 rings (SSSR count). The van der Waals surface area contributed by atoms with Crippen molar-refractivity contribution < 1.29 is 24.2 Å². The van der Waals surface area contributed by atoms with Crippen molar-refractivity contribution in [3.8, 4) is 11.5 Å². The third-order valence-corrected chi connectivity index (χ3v) is 2.60. The topological polar surface area (TPSA) is 84.9 Å². The van der Waals surface area contributed by atoms with Crippen LogP contribution in [0.2, 0.25) is 0 Å². The molecule has 0 aliphatic rings. The van der Waals surface area contributed by atoms with Crippen LogP contribution >= 0.6 is 0 Å². The Morgan fingerprint density at radius 1 is 1.32 bits per heavy atom. The summed E-state index contributed by atoms with van der Waals surface area (Å²) in [5.41, 5.74) is 0.752. The fraction of sp³-hybridized carbons (Fsp3) is 0.385. The van der Waals surface area contributed by atoms with E-state index in [1.165, 1.54) is 7.11 Å². The standard InChI is InChI=1S/C13H17NO5/c1-8(14-12(15)7-13(16)17)10-5-4-9(18-2)6-11(10)19-3/h4-6,8H,7H2,1-3H3,(H,14,15)(H,16,17). The van der Waals surface area contributed by atoms with E-state index in [1.807, 2.05) is 0 Å². The summed E-state index contributed by atoms with van der Waals surface area (Å²) in [5, 5.41) is 11.1. The van der Waals surface area contributed by atoms with Crippen molar-refractivity contribution in [3.05, 3.63) is 23.8 Å². The molecule has 0 saturated heterocycles. The lowest BCUT2D eigenvalue weighted by atomic mass is 10.1. The lowest BCUT2D eigenvalue weighted by molar-refractivity contribution is -0.140. The van der Waals surface area contributed by atoms with Crippen LogP contribution in [0.4, 0.5) is 0 Å². The number of carbonyl (C=O) groups is 2. The fourth-order valence-corrected chi connectivity index (χ4v) is 1.68. The summed E-state index contributed by atoms with van der Waals surface area (Å²) in [7, 11) is 3.07. The van der Waals surface area contributed by atoms with Gasteiger partial charge in [-0.3, -0.25) is 9.59 Å². The molecule has 104 valence electrons. The molecular formula is C13H17NO5. The summed E-state index contributed by atoms with van der Waals surface area (Å²) >= 11 is 0. The molecule has 1 unspecified atom stereocenters. The molecule has 1 amide bonds. The van der Waals surface area contributed by atoms with Gasteiger partial charge in [0.1, 0.15) is 17.9 Å². The molecule has 6 nitrogen and oxygen atoms in total. The summed E-state index contributed by atoms with van der Waals surface area (Å²) in [6.45, 7) is 1.75. The molecule has 0 saturated carbocycles. The van der Waals surface area contributed by atoms with Crippen LogP contribution in [0.3, 0.4) is 0 Å². The molecule has 2 N–H and O–H groups in total. The van der Waals surface area contributed by atoms with Gasteiger partial charge >= 0.3 is 5.97 Å². The Bertz CT molecular complexity index is 472. The van der Waals surface area contributed by atoms with Crippen LogP contribution in [0.25, 0.3) is 0 Å². The second-order valence-electron chi connectivity index (χ2n) is 3.97. The predicted molar refractivity (Wildman–Crippen MR) is 68.4 cm³/mol. The molecule has 0 heterocycles. The van der Waals surface area contributed by atoms with Gasteiger partial charge in [0.05, 0.1) is 20.3 Å². The van der Waals surface area contributed by atoms with E-state index in [2.05, 4.69) is 5.32 Å². The van der Waals surface area contributed by atoms with Crippen LogP contribution in [0.15, 0.2) is 18.2 Å². The molecule has 0 radical (unpaired) electrons. The van der Waals surface area contributed by atoms with Crippen molar-refractivity contribution in [2.24, 2.45) is 0 Å². The van der Waals surface area contributed by atoms with Crippen LogP contribution in [0.1, 0.15) is 24.9 Å². The number of hydrogen-bond acceptors (Lipinski definition) is 4. The van der Waals surface area contributed by atoms with E-state index in [0.717, 1.165) is 5.56 Å². The molecule has 1 aromatic rings. The lowest BCUT2D eigenvalue weighted by Gasteiger charge is -2.17. The molecule has 0 bridgehead atoms. The van der Waals surface area contributed by atoms with Gasteiger partial charge in [-0.15, -0.1) is 0 Å². The quantitative estimate of drug-likeness (QED) is 0.760. The number of benzene rings is 1.